The van der Waals surface area contributed by atoms with Crippen LogP contribution in [0.15, 0.2) is 48.5 Å². The van der Waals surface area contributed by atoms with E-state index in [1.54, 1.807) is 7.11 Å². The lowest BCUT2D eigenvalue weighted by atomic mass is 10.1. The van der Waals surface area contributed by atoms with Crippen LogP contribution in [0.25, 0.3) is 0 Å². The fourth-order valence-electron chi connectivity index (χ4n) is 3.14. The van der Waals surface area contributed by atoms with Crippen molar-refractivity contribution in [2.24, 2.45) is 0 Å². The van der Waals surface area contributed by atoms with Crippen molar-refractivity contribution in [3.63, 3.8) is 0 Å². The minimum absolute atomic E-state index is 0.0828. The molecule has 25 heavy (non-hydrogen) atoms. The smallest absolute Gasteiger partial charge is 0.220 e. The summed E-state index contributed by atoms with van der Waals surface area (Å²) in [5, 5.41) is 2.97. The summed E-state index contributed by atoms with van der Waals surface area (Å²) in [6.45, 7) is 2.87. The predicted octanol–water partition coefficient (Wildman–Crippen LogP) is 3.54. The molecule has 1 aliphatic rings. The van der Waals surface area contributed by atoms with Gasteiger partial charge in [0.1, 0.15) is 5.75 Å². The van der Waals surface area contributed by atoms with Gasteiger partial charge in [0.25, 0.3) is 0 Å². The maximum Gasteiger partial charge on any atom is 0.220 e. The third-order valence-corrected chi connectivity index (χ3v) is 4.70. The van der Waals surface area contributed by atoms with Gasteiger partial charge in [0.2, 0.25) is 5.91 Å². The molecule has 2 aromatic carbocycles. The lowest BCUT2D eigenvalue weighted by Gasteiger charge is -2.17. The first-order valence-corrected chi connectivity index (χ1v) is 8.98. The molecular formula is C21H26N2O2. The molecule has 1 fully saturated rings. The van der Waals surface area contributed by atoms with Crippen molar-refractivity contribution in [1.82, 2.24) is 5.32 Å². The van der Waals surface area contributed by atoms with E-state index in [0.717, 1.165) is 30.8 Å². The second kappa shape index (κ2) is 8.56. The topological polar surface area (TPSA) is 41.6 Å². The fourth-order valence-corrected chi connectivity index (χ4v) is 3.14. The van der Waals surface area contributed by atoms with E-state index in [9.17, 15) is 4.79 Å². The molecule has 0 atom stereocenters. The maximum atomic E-state index is 12.0. The number of methoxy groups -OCH3 is 1. The number of hydrogen-bond donors (Lipinski definition) is 1. The molecule has 1 amide bonds. The van der Waals surface area contributed by atoms with Crippen molar-refractivity contribution in [1.29, 1.82) is 0 Å². The molecule has 0 aromatic heterocycles. The molecule has 4 nitrogen and oxygen atoms in total. The van der Waals surface area contributed by atoms with Gasteiger partial charge in [-0.05, 0) is 54.7 Å². The normalized spacial score (nSPS) is 13.7. The zero-order valence-corrected chi connectivity index (χ0v) is 14.8. The van der Waals surface area contributed by atoms with Crippen molar-refractivity contribution in [2.75, 3.05) is 25.1 Å². The van der Waals surface area contributed by atoms with Gasteiger partial charge < -0.3 is 15.0 Å². The Morgan fingerprint density at radius 2 is 1.64 bits per heavy atom. The van der Waals surface area contributed by atoms with Crippen LogP contribution in [0.3, 0.4) is 0 Å². The van der Waals surface area contributed by atoms with Gasteiger partial charge in [0, 0.05) is 31.7 Å². The van der Waals surface area contributed by atoms with Crippen molar-refractivity contribution in [3.8, 4) is 5.75 Å². The molecule has 132 valence electrons. The van der Waals surface area contributed by atoms with Crippen molar-refractivity contribution in [2.45, 2.75) is 32.2 Å². The van der Waals surface area contributed by atoms with Crippen LogP contribution in [0, 0.1) is 0 Å². The van der Waals surface area contributed by atoms with E-state index in [-0.39, 0.29) is 5.91 Å². The fraction of sp³-hybridized carbons (Fsp3) is 0.381. The van der Waals surface area contributed by atoms with E-state index in [1.165, 1.54) is 24.1 Å². The SMILES string of the molecule is COc1ccc(CNC(=O)CCc2ccc(N3CCCC3)cc2)cc1. The molecule has 0 radical (unpaired) electrons. The lowest BCUT2D eigenvalue weighted by Crippen LogP contribution is -2.23. The predicted molar refractivity (Wildman–Crippen MR) is 101 cm³/mol. The van der Waals surface area contributed by atoms with Crippen LogP contribution < -0.4 is 15.0 Å². The van der Waals surface area contributed by atoms with E-state index in [2.05, 4.69) is 34.5 Å². The number of aryl methyl sites for hydroxylation is 1. The van der Waals surface area contributed by atoms with Gasteiger partial charge in [-0.2, -0.15) is 0 Å². The van der Waals surface area contributed by atoms with Crippen molar-refractivity contribution < 1.29 is 9.53 Å². The van der Waals surface area contributed by atoms with Gasteiger partial charge in [0.05, 0.1) is 7.11 Å². The number of benzene rings is 2. The Bertz CT molecular complexity index is 674. The van der Waals surface area contributed by atoms with E-state index in [4.69, 9.17) is 4.74 Å². The average molecular weight is 338 g/mol. The number of rotatable bonds is 7. The highest BCUT2D eigenvalue weighted by atomic mass is 16.5. The van der Waals surface area contributed by atoms with Gasteiger partial charge in [-0.3, -0.25) is 4.79 Å². The Morgan fingerprint density at radius 3 is 2.28 bits per heavy atom. The zero-order valence-electron chi connectivity index (χ0n) is 14.8. The van der Waals surface area contributed by atoms with Gasteiger partial charge >= 0.3 is 0 Å². The molecule has 0 saturated carbocycles. The number of anilines is 1. The molecule has 1 saturated heterocycles. The largest absolute Gasteiger partial charge is 0.497 e. The Morgan fingerprint density at radius 1 is 1.00 bits per heavy atom. The van der Waals surface area contributed by atoms with Crippen LogP contribution in [-0.4, -0.2) is 26.1 Å². The molecule has 0 unspecified atom stereocenters. The van der Waals surface area contributed by atoms with Gasteiger partial charge in [-0.1, -0.05) is 24.3 Å². The summed E-state index contributed by atoms with van der Waals surface area (Å²) in [4.78, 5) is 14.5. The zero-order chi connectivity index (χ0) is 17.5. The molecule has 2 aromatic rings. The molecule has 3 rings (SSSR count). The number of carbonyl (C=O) groups excluding carboxylic acids is 1. The third-order valence-electron chi connectivity index (χ3n) is 4.70. The number of amides is 1. The number of carbonyl (C=O) groups is 1. The van der Waals surface area contributed by atoms with Crippen molar-refractivity contribution in [3.05, 3.63) is 59.7 Å². The number of ether oxygens (including phenoxy) is 1. The summed E-state index contributed by atoms with van der Waals surface area (Å²) >= 11 is 0. The highest BCUT2D eigenvalue weighted by Gasteiger charge is 2.11. The van der Waals surface area contributed by atoms with E-state index < -0.39 is 0 Å². The van der Waals surface area contributed by atoms with Crippen LogP contribution in [0.4, 0.5) is 5.69 Å². The van der Waals surface area contributed by atoms with Crippen LogP contribution >= 0.6 is 0 Å². The lowest BCUT2D eigenvalue weighted by molar-refractivity contribution is -0.121. The summed E-state index contributed by atoms with van der Waals surface area (Å²) in [6, 6.07) is 16.4. The van der Waals surface area contributed by atoms with Crippen LogP contribution in [0.1, 0.15) is 30.4 Å². The van der Waals surface area contributed by atoms with Gasteiger partial charge in [0.15, 0.2) is 0 Å². The Hall–Kier alpha value is -2.49. The summed E-state index contributed by atoms with van der Waals surface area (Å²) in [6.07, 6.45) is 3.86. The van der Waals surface area contributed by atoms with Gasteiger partial charge in [-0.15, -0.1) is 0 Å². The first-order valence-electron chi connectivity index (χ1n) is 8.98. The Kier molecular flexibility index (Phi) is 5.94. The molecule has 0 aliphatic carbocycles. The molecule has 0 bridgehead atoms. The minimum atomic E-state index is 0.0828. The Balaban J connectivity index is 1.42. The van der Waals surface area contributed by atoms with Crippen LogP contribution in [0.2, 0.25) is 0 Å². The third kappa shape index (κ3) is 4.99. The average Bonchev–Trinajstić information content (AvgIpc) is 3.20. The maximum absolute atomic E-state index is 12.0. The number of hydrogen-bond acceptors (Lipinski definition) is 3. The molecule has 1 heterocycles. The van der Waals surface area contributed by atoms with E-state index >= 15 is 0 Å². The first-order chi connectivity index (χ1) is 12.2. The molecule has 1 N–H and O–H groups in total. The highest BCUT2D eigenvalue weighted by molar-refractivity contribution is 5.76. The minimum Gasteiger partial charge on any atom is -0.497 e. The van der Waals surface area contributed by atoms with Crippen LogP contribution in [-0.2, 0) is 17.8 Å². The summed E-state index contributed by atoms with van der Waals surface area (Å²) in [7, 11) is 1.65. The standard InChI is InChI=1S/C21H26N2O2/c1-25-20-11-6-18(7-12-20)16-22-21(24)13-8-17-4-9-19(10-5-17)23-14-2-3-15-23/h4-7,9-12H,2-3,8,13-16H2,1H3,(H,22,24). The monoisotopic (exact) mass is 338 g/mol. The Labute approximate surface area is 149 Å². The van der Waals surface area contributed by atoms with Gasteiger partial charge in [-0.25, -0.2) is 0 Å². The molecule has 4 heteroatoms. The summed E-state index contributed by atoms with van der Waals surface area (Å²) in [5.74, 6) is 0.909. The van der Waals surface area contributed by atoms with Crippen LogP contribution in [0.5, 0.6) is 5.75 Å². The first kappa shape index (κ1) is 17.3. The van der Waals surface area contributed by atoms with E-state index in [0.29, 0.717) is 13.0 Å². The van der Waals surface area contributed by atoms with Crippen molar-refractivity contribution >= 4 is 11.6 Å². The summed E-state index contributed by atoms with van der Waals surface area (Å²) < 4.78 is 5.13. The second-order valence-corrected chi connectivity index (χ2v) is 6.49. The second-order valence-electron chi connectivity index (χ2n) is 6.49. The van der Waals surface area contributed by atoms with E-state index in [1.807, 2.05) is 24.3 Å². The summed E-state index contributed by atoms with van der Waals surface area (Å²) in [5.41, 5.74) is 3.58. The number of nitrogens with one attached hydrogen (secondary N) is 1. The number of nitrogens with zero attached hydrogens (tertiary/aromatic N) is 1. The highest BCUT2D eigenvalue weighted by Crippen LogP contribution is 2.20. The quantitative estimate of drug-likeness (QED) is 0.839. The molecular weight excluding hydrogens is 312 g/mol. The molecule has 0 spiro atoms. The molecule has 1 aliphatic heterocycles.